The summed E-state index contributed by atoms with van der Waals surface area (Å²) >= 11 is 0. The molecule has 0 spiro atoms. The van der Waals surface area contributed by atoms with E-state index in [0.717, 1.165) is 19.2 Å². The number of hydrogen-bond acceptors (Lipinski definition) is 4. The highest BCUT2D eigenvalue weighted by atomic mass is 19.3. The van der Waals surface area contributed by atoms with Crippen LogP contribution in [0.5, 0.6) is 0 Å². The standard InChI is InChI=1S/C11H7F2NO3/c1-17-11(16)9-2-6(4-14)7(5-15)3-8(9)10(12)13/h2-3,5,10H,1H3. The van der Waals surface area contributed by atoms with E-state index < -0.39 is 23.5 Å². The van der Waals surface area contributed by atoms with Gasteiger partial charge in [0.25, 0.3) is 6.43 Å². The second-order valence-corrected chi connectivity index (χ2v) is 3.05. The number of aldehydes is 1. The van der Waals surface area contributed by atoms with Crippen molar-refractivity contribution < 1.29 is 23.1 Å². The van der Waals surface area contributed by atoms with Crippen LogP contribution in [-0.2, 0) is 4.74 Å². The fourth-order valence-electron chi connectivity index (χ4n) is 1.30. The number of benzene rings is 1. The number of alkyl halides is 2. The van der Waals surface area contributed by atoms with E-state index in [2.05, 4.69) is 4.74 Å². The van der Waals surface area contributed by atoms with Crippen molar-refractivity contribution in [2.75, 3.05) is 7.11 Å². The molecule has 0 radical (unpaired) electrons. The molecule has 0 saturated heterocycles. The first kappa shape index (κ1) is 12.8. The van der Waals surface area contributed by atoms with E-state index in [9.17, 15) is 18.4 Å². The first-order valence-corrected chi connectivity index (χ1v) is 4.44. The van der Waals surface area contributed by atoms with E-state index in [1.54, 1.807) is 6.07 Å². The van der Waals surface area contributed by atoms with Crippen molar-refractivity contribution in [2.24, 2.45) is 0 Å². The molecule has 6 heteroatoms. The molecule has 4 nitrogen and oxygen atoms in total. The summed E-state index contributed by atoms with van der Waals surface area (Å²) in [6.07, 6.45) is -2.65. The Balaban J connectivity index is 3.52. The van der Waals surface area contributed by atoms with Gasteiger partial charge in [-0.3, -0.25) is 4.79 Å². The van der Waals surface area contributed by atoms with Gasteiger partial charge in [-0.2, -0.15) is 5.26 Å². The van der Waals surface area contributed by atoms with Crippen LogP contribution < -0.4 is 0 Å². The predicted octanol–water partition coefficient (Wildman–Crippen LogP) is 2.09. The van der Waals surface area contributed by atoms with Crippen LogP contribution in [0.25, 0.3) is 0 Å². The van der Waals surface area contributed by atoms with E-state index in [4.69, 9.17) is 5.26 Å². The number of nitriles is 1. The summed E-state index contributed by atoms with van der Waals surface area (Å²) in [5.74, 6) is -0.978. The lowest BCUT2D eigenvalue weighted by atomic mass is 9.99. The summed E-state index contributed by atoms with van der Waals surface area (Å²) in [5.41, 5.74) is -1.37. The maximum absolute atomic E-state index is 12.7. The maximum Gasteiger partial charge on any atom is 0.338 e. The van der Waals surface area contributed by atoms with E-state index in [1.807, 2.05) is 0 Å². The van der Waals surface area contributed by atoms with Crippen LogP contribution in [0.1, 0.15) is 38.3 Å². The number of carbonyl (C=O) groups excluding carboxylic acids is 2. The monoisotopic (exact) mass is 239 g/mol. The highest BCUT2D eigenvalue weighted by Crippen LogP contribution is 2.26. The zero-order valence-corrected chi connectivity index (χ0v) is 8.74. The summed E-state index contributed by atoms with van der Waals surface area (Å²) in [6, 6.07) is 3.40. The number of carbonyl (C=O) groups is 2. The summed E-state index contributed by atoms with van der Waals surface area (Å²) in [7, 11) is 1.04. The van der Waals surface area contributed by atoms with Gasteiger partial charge in [0.1, 0.15) is 0 Å². The summed E-state index contributed by atoms with van der Waals surface area (Å²) in [5, 5.41) is 8.71. The van der Waals surface area contributed by atoms with Crippen molar-refractivity contribution in [1.82, 2.24) is 0 Å². The molecule has 0 aliphatic heterocycles. The Morgan fingerprint density at radius 2 is 2.18 bits per heavy atom. The van der Waals surface area contributed by atoms with Crippen LogP contribution in [0.4, 0.5) is 8.78 Å². The minimum Gasteiger partial charge on any atom is -0.465 e. The van der Waals surface area contributed by atoms with E-state index in [1.165, 1.54) is 0 Å². The van der Waals surface area contributed by atoms with Crippen molar-refractivity contribution in [1.29, 1.82) is 5.26 Å². The van der Waals surface area contributed by atoms with Gasteiger partial charge in [-0.1, -0.05) is 0 Å². The molecule has 0 bridgehead atoms. The van der Waals surface area contributed by atoms with Gasteiger partial charge in [-0.05, 0) is 12.1 Å². The molecule has 1 aromatic carbocycles. The number of rotatable bonds is 3. The topological polar surface area (TPSA) is 67.2 Å². The van der Waals surface area contributed by atoms with Crippen molar-refractivity contribution in [3.05, 3.63) is 34.4 Å². The first-order chi connectivity index (χ1) is 8.04. The number of nitrogens with zero attached hydrogens (tertiary/aromatic N) is 1. The minimum absolute atomic E-state index is 0.148. The lowest BCUT2D eigenvalue weighted by Crippen LogP contribution is -2.08. The predicted molar refractivity (Wildman–Crippen MR) is 52.8 cm³/mol. The molecule has 1 rings (SSSR count). The zero-order chi connectivity index (χ0) is 13.0. The molecule has 17 heavy (non-hydrogen) atoms. The highest BCUT2D eigenvalue weighted by molar-refractivity contribution is 5.93. The number of hydrogen-bond donors (Lipinski definition) is 0. The third kappa shape index (κ3) is 2.45. The van der Waals surface area contributed by atoms with Crippen LogP contribution in [0.2, 0.25) is 0 Å². The van der Waals surface area contributed by atoms with Gasteiger partial charge in [0.05, 0.1) is 24.3 Å². The Morgan fingerprint density at radius 1 is 1.53 bits per heavy atom. The molecule has 0 amide bonds. The largest absolute Gasteiger partial charge is 0.465 e. The summed E-state index contributed by atoms with van der Waals surface area (Å²) in [6.45, 7) is 0. The SMILES string of the molecule is COC(=O)c1cc(C#N)c(C=O)cc1C(F)F. The fraction of sp³-hybridized carbons (Fsp3) is 0.182. The molecule has 0 aliphatic carbocycles. The summed E-state index contributed by atoms with van der Waals surface area (Å²) < 4.78 is 29.7. The normalized spacial score (nSPS) is 9.82. The molecule has 88 valence electrons. The van der Waals surface area contributed by atoms with Gasteiger partial charge in [-0.15, -0.1) is 0 Å². The first-order valence-electron chi connectivity index (χ1n) is 4.44. The highest BCUT2D eigenvalue weighted by Gasteiger charge is 2.21. The molecule has 0 unspecified atom stereocenters. The molecule has 0 atom stereocenters. The average molecular weight is 239 g/mol. The van der Waals surface area contributed by atoms with Gasteiger partial charge < -0.3 is 4.74 Å². The minimum atomic E-state index is -2.93. The van der Waals surface area contributed by atoms with Crippen LogP contribution in [0.15, 0.2) is 12.1 Å². The third-order valence-electron chi connectivity index (χ3n) is 2.11. The maximum atomic E-state index is 12.7. The van der Waals surface area contributed by atoms with E-state index in [0.29, 0.717) is 0 Å². The van der Waals surface area contributed by atoms with Crippen molar-refractivity contribution in [3.63, 3.8) is 0 Å². The van der Waals surface area contributed by atoms with Gasteiger partial charge in [0.2, 0.25) is 0 Å². The van der Waals surface area contributed by atoms with E-state index in [-0.39, 0.29) is 17.4 Å². The van der Waals surface area contributed by atoms with Gasteiger partial charge in [0, 0.05) is 11.1 Å². The van der Waals surface area contributed by atoms with Crippen molar-refractivity contribution >= 4 is 12.3 Å². The second-order valence-electron chi connectivity index (χ2n) is 3.05. The Kier molecular flexibility index (Phi) is 3.88. The molecular weight excluding hydrogens is 232 g/mol. The molecule has 0 aromatic heterocycles. The average Bonchev–Trinajstić information content (AvgIpc) is 2.35. The molecule has 0 heterocycles. The molecule has 1 aromatic rings. The smallest absolute Gasteiger partial charge is 0.338 e. The van der Waals surface area contributed by atoms with Crippen LogP contribution in [0.3, 0.4) is 0 Å². The molecule has 0 N–H and O–H groups in total. The zero-order valence-electron chi connectivity index (χ0n) is 8.74. The number of methoxy groups -OCH3 is 1. The molecule has 0 saturated carbocycles. The molecule has 0 fully saturated rings. The Labute approximate surface area is 95.4 Å². The lowest BCUT2D eigenvalue weighted by Gasteiger charge is -2.08. The second kappa shape index (κ2) is 5.16. The van der Waals surface area contributed by atoms with Gasteiger partial charge in [0.15, 0.2) is 6.29 Å². The Morgan fingerprint density at radius 3 is 2.59 bits per heavy atom. The van der Waals surface area contributed by atoms with Gasteiger partial charge >= 0.3 is 5.97 Å². The molecule has 0 aliphatic rings. The fourth-order valence-corrected chi connectivity index (χ4v) is 1.30. The number of ether oxygens (including phenoxy) is 1. The van der Waals surface area contributed by atoms with Crippen molar-refractivity contribution in [2.45, 2.75) is 6.43 Å². The Bertz CT molecular complexity index is 506. The number of esters is 1. The third-order valence-corrected chi connectivity index (χ3v) is 2.11. The van der Waals surface area contributed by atoms with Gasteiger partial charge in [-0.25, -0.2) is 13.6 Å². The van der Waals surface area contributed by atoms with E-state index >= 15 is 0 Å². The van der Waals surface area contributed by atoms with Crippen LogP contribution in [-0.4, -0.2) is 19.4 Å². The Hall–Kier alpha value is -2.29. The van der Waals surface area contributed by atoms with Crippen molar-refractivity contribution in [3.8, 4) is 6.07 Å². The molecular formula is C11H7F2NO3. The lowest BCUT2D eigenvalue weighted by molar-refractivity contribution is 0.0589. The number of halogens is 2. The summed E-state index contributed by atoms with van der Waals surface area (Å²) in [4.78, 5) is 21.9. The van der Waals surface area contributed by atoms with Crippen LogP contribution in [0, 0.1) is 11.3 Å². The quantitative estimate of drug-likeness (QED) is 0.598. The van der Waals surface area contributed by atoms with Crippen LogP contribution >= 0.6 is 0 Å².